The lowest BCUT2D eigenvalue weighted by Crippen LogP contribution is -2.11. The minimum atomic E-state index is -0.598. The molecule has 4 nitrogen and oxygen atoms in total. The summed E-state index contributed by atoms with van der Waals surface area (Å²) in [5, 5.41) is 12.6. The third-order valence-corrected chi connectivity index (χ3v) is 3.90. The molecule has 21 heavy (non-hydrogen) atoms. The maximum atomic E-state index is 12.9. The van der Waals surface area contributed by atoms with Gasteiger partial charge in [-0.3, -0.25) is 10.1 Å². The standard InChI is InChI=1S/C15H11FN2O2S/c1-8-2-5-11-13(6-8)21-15(17-11)18-14(20)10-4-3-9(16)7-12(10)19/h2-7,19H,1H3,(H,17,18,20). The Morgan fingerprint density at radius 3 is 2.86 bits per heavy atom. The zero-order valence-electron chi connectivity index (χ0n) is 11.1. The normalized spacial score (nSPS) is 10.8. The van der Waals surface area contributed by atoms with E-state index in [1.165, 1.54) is 17.4 Å². The van der Waals surface area contributed by atoms with E-state index in [4.69, 9.17) is 0 Å². The Bertz CT molecular complexity index is 845. The number of aromatic nitrogens is 1. The van der Waals surface area contributed by atoms with Crippen LogP contribution in [0.3, 0.4) is 0 Å². The lowest BCUT2D eigenvalue weighted by Gasteiger charge is -2.03. The van der Waals surface area contributed by atoms with Gasteiger partial charge in [0.15, 0.2) is 5.13 Å². The van der Waals surface area contributed by atoms with Gasteiger partial charge in [0.1, 0.15) is 11.6 Å². The largest absolute Gasteiger partial charge is 0.507 e. The fourth-order valence-electron chi connectivity index (χ4n) is 1.95. The highest BCUT2D eigenvalue weighted by molar-refractivity contribution is 7.22. The highest BCUT2D eigenvalue weighted by Crippen LogP contribution is 2.27. The van der Waals surface area contributed by atoms with E-state index in [9.17, 15) is 14.3 Å². The van der Waals surface area contributed by atoms with Gasteiger partial charge in [-0.2, -0.15) is 0 Å². The molecule has 0 fully saturated rings. The average molecular weight is 302 g/mol. The van der Waals surface area contributed by atoms with Crippen LogP contribution in [0.25, 0.3) is 10.2 Å². The molecule has 0 unspecified atom stereocenters. The van der Waals surface area contributed by atoms with Gasteiger partial charge in [-0.25, -0.2) is 9.37 Å². The number of carbonyl (C=O) groups is 1. The first kappa shape index (κ1) is 13.5. The molecular weight excluding hydrogens is 291 g/mol. The number of phenolic OH excluding ortho intramolecular Hbond substituents is 1. The molecule has 0 radical (unpaired) electrons. The molecule has 6 heteroatoms. The highest BCUT2D eigenvalue weighted by atomic mass is 32.1. The maximum Gasteiger partial charge on any atom is 0.261 e. The van der Waals surface area contributed by atoms with E-state index in [1.54, 1.807) is 0 Å². The van der Waals surface area contributed by atoms with E-state index in [-0.39, 0.29) is 5.56 Å². The molecule has 0 aliphatic rings. The summed E-state index contributed by atoms with van der Waals surface area (Å²) in [7, 11) is 0. The first-order chi connectivity index (χ1) is 10.0. The molecule has 3 rings (SSSR count). The number of nitrogens with zero attached hydrogens (tertiary/aromatic N) is 1. The smallest absolute Gasteiger partial charge is 0.261 e. The number of aryl methyl sites for hydroxylation is 1. The summed E-state index contributed by atoms with van der Waals surface area (Å²) in [6, 6.07) is 9.06. The predicted molar refractivity (Wildman–Crippen MR) is 80.4 cm³/mol. The zero-order chi connectivity index (χ0) is 15.0. The Hall–Kier alpha value is -2.47. The number of carbonyl (C=O) groups excluding carboxylic acids is 1. The second kappa shape index (κ2) is 5.14. The van der Waals surface area contributed by atoms with E-state index in [0.29, 0.717) is 5.13 Å². The first-order valence-corrected chi connectivity index (χ1v) is 7.01. The second-order valence-corrected chi connectivity index (χ2v) is 5.64. The summed E-state index contributed by atoms with van der Waals surface area (Å²) in [5.41, 5.74) is 1.91. The Balaban J connectivity index is 1.89. The number of hydrogen-bond donors (Lipinski definition) is 2. The van der Waals surface area contributed by atoms with Crippen LogP contribution in [0.2, 0.25) is 0 Å². The topological polar surface area (TPSA) is 62.2 Å². The Labute approximate surface area is 123 Å². The first-order valence-electron chi connectivity index (χ1n) is 6.20. The van der Waals surface area contributed by atoms with Crippen molar-refractivity contribution >= 4 is 32.6 Å². The van der Waals surface area contributed by atoms with Crippen LogP contribution in [-0.4, -0.2) is 16.0 Å². The fourth-order valence-corrected chi connectivity index (χ4v) is 2.91. The highest BCUT2D eigenvalue weighted by Gasteiger charge is 2.14. The van der Waals surface area contributed by atoms with Gasteiger partial charge in [0.05, 0.1) is 15.8 Å². The molecule has 3 aromatic rings. The molecule has 1 aromatic heterocycles. The van der Waals surface area contributed by atoms with Crippen LogP contribution in [-0.2, 0) is 0 Å². The zero-order valence-corrected chi connectivity index (χ0v) is 11.9. The Morgan fingerprint density at radius 1 is 1.29 bits per heavy atom. The number of rotatable bonds is 2. The molecule has 0 aliphatic carbocycles. The molecule has 2 aromatic carbocycles. The monoisotopic (exact) mass is 302 g/mol. The molecule has 1 amide bonds. The number of aromatic hydroxyl groups is 1. The molecule has 1 heterocycles. The fraction of sp³-hybridized carbons (Fsp3) is 0.0667. The number of amides is 1. The summed E-state index contributed by atoms with van der Waals surface area (Å²) in [5.74, 6) is -1.52. The summed E-state index contributed by atoms with van der Waals surface area (Å²) in [6.07, 6.45) is 0. The van der Waals surface area contributed by atoms with Crippen molar-refractivity contribution in [2.24, 2.45) is 0 Å². The van der Waals surface area contributed by atoms with Crippen molar-refractivity contribution < 1.29 is 14.3 Å². The third kappa shape index (κ3) is 2.71. The van der Waals surface area contributed by atoms with Crippen LogP contribution in [0.15, 0.2) is 36.4 Å². The molecule has 0 spiro atoms. The van der Waals surface area contributed by atoms with Crippen LogP contribution < -0.4 is 5.32 Å². The van der Waals surface area contributed by atoms with Gasteiger partial charge in [0.25, 0.3) is 5.91 Å². The molecule has 0 saturated carbocycles. The quantitative estimate of drug-likeness (QED) is 0.758. The summed E-state index contributed by atoms with van der Waals surface area (Å²) < 4.78 is 13.9. The number of phenols is 1. The number of halogens is 1. The minimum absolute atomic E-state index is 0.00633. The molecule has 0 saturated heterocycles. The van der Waals surface area contributed by atoms with Crippen molar-refractivity contribution in [3.8, 4) is 5.75 Å². The van der Waals surface area contributed by atoms with Crippen LogP contribution >= 0.6 is 11.3 Å². The summed E-state index contributed by atoms with van der Waals surface area (Å²) in [4.78, 5) is 16.4. The van der Waals surface area contributed by atoms with Crippen LogP contribution in [0.5, 0.6) is 5.75 Å². The molecule has 0 aliphatic heterocycles. The minimum Gasteiger partial charge on any atom is -0.507 e. The lowest BCUT2D eigenvalue weighted by atomic mass is 10.2. The van der Waals surface area contributed by atoms with E-state index in [1.807, 2.05) is 25.1 Å². The van der Waals surface area contributed by atoms with Gasteiger partial charge in [-0.05, 0) is 36.8 Å². The number of nitrogens with one attached hydrogen (secondary N) is 1. The SMILES string of the molecule is Cc1ccc2nc(NC(=O)c3ccc(F)cc3O)sc2c1. The molecule has 106 valence electrons. The molecule has 2 N–H and O–H groups in total. The van der Waals surface area contributed by atoms with Crippen molar-refractivity contribution in [1.29, 1.82) is 0 Å². The number of thiazole rings is 1. The van der Waals surface area contributed by atoms with E-state index in [2.05, 4.69) is 10.3 Å². The predicted octanol–water partition coefficient (Wildman–Crippen LogP) is 3.70. The molecule has 0 bridgehead atoms. The van der Waals surface area contributed by atoms with Crippen LogP contribution in [0, 0.1) is 12.7 Å². The van der Waals surface area contributed by atoms with Gasteiger partial charge >= 0.3 is 0 Å². The van der Waals surface area contributed by atoms with Crippen molar-refractivity contribution in [3.63, 3.8) is 0 Å². The summed E-state index contributed by atoms with van der Waals surface area (Å²) >= 11 is 1.34. The number of anilines is 1. The van der Waals surface area contributed by atoms with Gasteiger partial charge in [-0.1, -0.05) is 17.4 Å². The van der Waals surface area contributed by atoms with Crippen molar-refractivity contribution in [3.05, 3.63) is 53.3 Å². The average Bonchev–Trinajstić information content (AvgIpc) is 2.79. The van der Waals surface area contributed by atoms with E-state index in [0.717, 1.165) is 27.9 Å². The lowest BCUT2D eigenvalue weighted by molar-refractivity contribution is 0.102. The maximum absolute atomic E-state index is 12.9. The molecule has 0 atom stereocenters. The Morgan fingerprint density at radius 2 is 2.10 bits per heavy atom. The van der Waals surface area contributed by atoms with Crippen molar-refractivity contribution in [2.75, 3.05) is 5.32 Å². The third-order valence-electron chi connectivity index (χ3n) is 2.97. The van der Waals surface area contributed by atoms with Gasteiger partial charge in [0.2, 0.25) is 0 Å². The van der Waals surface area contributed by atoms with Gasteiger partial charge < -0.3 is 5.11 Å². The van der Waals surface area contributed by atoms with Crippen molar-refractivity contribution in [1.82, 2.24) is 4.98 Å². The summed E-state index contributed by atoms with van der Waals surface area (Å²) in [6.45, 7) is 1.98. The van der Waals surface area contributed by atoms with Crippen LogP contribution in [0.4, 0.5) is 9.52 Å². The van der Waals surface area contributed by atoms with E-state index < -0.39 is 17.5 Å². The second-order valence-electron chi connectivity index (χ2n) is 4.61. The number of hydrogen-bond acceptors (Lipinski definition) is 4. The van der Waals surface area contributed by atoms with Gasteiger partial charge in [-0.15, -0.1) is 0 Å². The van der Waals surface area contributed by atoms with Gasteiger partial charge in [0, 0.05) is 6.07 Å². The van der Waals surface area contributed by atoms with E-state index >= 15 is 0 Å². The van der Waals surface area contributed by atoms with Crippen molar-refractivity contribution in [2.45, 2.75) is 6.92 Å². The number of benzene rings is 2. The van der Waals surface area contributed by atoms with Crippen LogP contribution in [0.1, 0.15) is 15.9 Å². The number of fused-ring (bicyclic) bond motifs is 1. The molecular formula is C15H11FN2O2S. The Kier molecular flexibility index (Phi) is 3.31.